The number of fused-ring (bicyclic) bond motifs is 1. The maximum atomic E-state index is 13.9. The highest BCUT2D eigenvalue weighted by molar-refractivity contribution is 7.95. The first-order valence-corrected chi connectivity index (χ1v) is 12.8. The van der Waals surface area contributed by atoms with Gasteiger partial charge in [-0.15, -0.1) is 0 Å². The molecule has 0 amide bonds. The Morgan fingerprint density at radius 3 is 2.42 bits per heavy atom. The molecule has 0 radical (unpaired) electrons. The SMILES string of the molecule is Cc1ccc(S(=O)(=O)C2=CN(Cc3ccccc3)CCCC2c2cc3ccccc3o2)cc1. The van der Waals surface area contributed by atoms with Gasteiger partial charge >= 0.3 is 0 Å². The van der Waals surface area contributed by atoms with E-state index in [2.05, 4.69) is 17.0 Å². The monoisotopic (exact) mass is 457 g/mol. The average molecular weight is 458 g/mol. The first-order chi connectivity index (χ1) is 16.0. The minimum atomic E-state index is -3.70. The zero-order chi connectivity index (χ0) is 22.8. The van der Waals surface area contributed by atoms with Crippen LogP contribution in [0.15, 0.2) is 105 Å². The van der Waals surface area contributed by atoms with E-state index in [0.717, 1.165) is 35.1 Å². The van der Waals surface area contributed by atoms with Crippen molar-refractivity contribution in [2.75, 3.05) is 6.54 Å². The number of rotatable bonds is 5. The van der Waals surface area contributed by atoms with Gasteiger partial charge in [-0.2, -0.15) is 0 Å². The zero-order valence-electron chi connectivity index (χ0n) is 18.6. The van der Waals surface area contributed by atoms with E-state index in [1.165, 1.54) is 0 Å². The van der Waals surface area contributed by atoms with Crippen molar-refractivity contribution in [2.24, 2.45) is 0 Å². The van der Waals surface area contributed by atoms with Crippen molar-refractivity contribution in [1.82, 2.24) is 4.90 Å². The number of benzene rings is 3. The second-order valence-electron chi connectivity index (χ2n) is 8.69. The Morgan fingerprint density at radius 1 is 0.939 bits per heavy atom. The van der Waals surface area contributed by atoms with Gasteiger partial charge in [-0.1, -0.05) is 66.2 Å². The highest BCUT2D eigenvalue weighted by Gasteiger charge is 2.33. The van der Waals surface area contributed by atoms with Crippen molar-refractivity contribution in [3.05, 3.63) is 113 Å². The summed E-state index contributed by atoms with van der Waals surface area (Å²) in [5, 5.41) is 0.991. The second kappa shape index (κ2) is 8.91. The first-order valence-electron chi connectivity index (χ1n) is 11.3. The molecule has 0 fully saturated rings. The fraction of sp³-hybridized carbons (Fsp3) is 0.214. The van der Waals surface area contributed by atoms with Gasteiger partial charge in [0.2, 0.25) is 9.84 Å². The van der Waals surface area contributed by atoms with E-state index in [9.17, 15) is 8.42 Å². The van der Waals surface area contributed by atoms with Gasteiger partial charge in [-0.05, 0) is 49.6 Å². The Bertz CT molecular complexity index is 1350. The Morgan fingerprint density at radius 2 is 1.67 bits per heavy atom. The predicted molar refractivity (Wildman–Crippen MR) is 131 cm³/mol. The van der Waals surface area contributed by atoms with Gasteiger partial charge < -0.3 is 9.32 Å². The number of allylic oxidation sites excluding steroid dienone is 1. The topological polar surface area (TPSA) is 50.5 Å². The number of aryl methyl sites for hydroxylation is 1. The third-order valence-electron chi connectivity index (χ3n) is 6.25. The van der Waals surface area contributed by atoms with Crippen molar-refractivity contribution in [1.29, 1.82) is 0 Å². The van der Waals surface area contributed by atoms with Crippen LogP contribution in [-0.2, 0) is 16.4 Å². The summed E-state index contributed by atoms with van der Waals surface area (Å²) in [4.78, 5) is 2.85. The van der Waals surface area contributed by atoms with Gasteiger partial charge in [-0.25, -0.2) is 8.42 Å². The van der Waals surface area contributed by atoms with E-state index < -0.39 is 9.84 Å². The highest BCUT2D eigenvalue weighted by Crippen LogP contribution is 2.40. The molecule has 0 saturated heterocycles. The molecule has 1 atom stereocenters. The lowest BCUT2D eigenvalue weighted by atomic mass is 10.0. The molecule has 5 heteroatoms. The predicted octanol–water partition coefficient (Wildman–Crippen LogP) is 6.44. The number of hydrogen-bond donors (Lipinski definition) is 0. The normalized spacial score (nSPS) is 17.1. The van der Waals surface area contributed by atoms with E-state index in [-0.39, 0.29) is 5.92 Å². The van der Waals surface area contributed by atoms with Crippen LogP contribution >= 0.6 is 0 Å². The number of furan rings is 1. The maximum absolute atomic E-state index is 13.9. The summed E-state index contributed by atoms with van der Waals surface area (Å²) in [7, 11) is -3.70. The van der Waals surface area contributed by atoms with Gasteiger partial charge in [0.1, 0.15) is 11.3 Å². The molecule has 1 aromatic heterocycles. The summed E-state index contributed by atoms with van der Waals surface area (Å²) in [6, 6.07) is 27.1. The van der Waals surface area contributed by atoms with E-state index in [1.807, 2.05) is 73.8 Å². The molecule has 0 bridgehead atoms. The van der Waals surface area contributed by atoms with E-state index in [1.54, 1.807) is 12.1 Å². The fourth-order valence-electron chi connectivity index (χ4n) is 4.48. The number of nitrogens with zero attached hydrogens (tertiary/aromatic N) is 1. The van der Waals surface area contributed by atoms with Crippen LogP contribution in [0, 0.1) is 6.92 Å². The Labute approximate surface area is 195 Å². The molecule has 4 nitrogen and oxygen atoms in total. The minimum absolute atomic E-state index is 0.321. The van der Waals surface area contributed by atoms with Crippen LogP contribution < -0.4 is 0 Å². The third-order valence-corrected chi connectivity index (χ3v) is 8.15. The number of sulfone groups is 1. The molecule has 0 saturated carbocycles. The lowest BCUT2D eigenvalue weighted by molar-refractivity contribution is 0.365. The minimum Gasteiger partial charge on any atom is -0.460 e. The standard InChI is InChI=1S/C28H27NO3S/c1-21-13-15-24(16-14-21)33(30,31)28-20-29(19-22-8-3-2-4-9-22)17-7-11-25(28)27-18-23-10-5-6-12-26(23)32-27/h2-6,8-10,12-16,18,20,25H,7,11,17,19H2,1H3. The molecule has 1 aliphatic heterocycles. The summed E-state index contributed by atoms with van der Waals surface area (Å²) in [6.07, 6.45) is 3.44. The number of para-hydroxylation sites is 1. The van der Waals surface area contributed by atoms with Crippen LogP contribution in [-0.4, -0.2) is 19.9 Å². The fourth-order valence-corrected chi connectivity index (χ4v) is 6.15. The molecule has 3 aromatic carbocycles. The molecular formula is C28H27NO3S. The van der Waals surface area contributed by atoms with Gasteiger partial charge in [-0.3, -0.25) is 0 Å². The maximum Gasteiger partial charge on any atom is 0.204 e. The smallest absolute Gasteiger partial charge is 0.204 e. The van der Waals surface area contributed by atoms with Crippen LogP contribution in [0.1, 0.15) is 35.6 Å². The Balaban J connectivity index is 1.60. The second-order valence-corrected chi connectivity index (χ2v) is 10.6. The molecule has 4 aromatic rings. The highest BCUT2D eigenvalue weighted by atomic mass is 32.2. The van der Waals surface area contributed by atoms with Crippen molar-refractivity contribution >= 4 is 20.8 Å². The third kappa shape index (κ3) is 4.46. The Kier molecular flexibility index (Phi) is 5.81. The summed E-state index contributed by atoms with van der Waals surface area (Å²) in [6.45, 7) is 3.42. The largest absolute Gasteiger partial charge is 0.460 e. The average Bonchev–Trinajstić information content (AvgIpc) is 3.14. The molecule has 0 aliphatic carbocycles. The summed E-state index contributed by atoms with van der Waals surface area (Å²) >= 11 is 0. The van der Waals surface area contributed by atoms with Gasteiger partial charge in [0.15, 0.2) is 0 Å². The lowest BCUT2D eigenvalue weighted by Gasteiger charge is -2.21. The van der Waals surface area contributed by atoms with Crippen LogP contribution in [0.4, 0.5) is 0 Å². The zero-order valence-corrected chi connectivity index (χ0v) is 19.5. The molecule has 1 unspecified atom stereocenters. The summed E-state index contributed by atoms with van der Waals surface area (Å²) in [5.74, 6) is 0.379. The van der Waals surface area contributed by atoms with Crippen LogP contribution in [0.25, 0.3) is 11.0 Å². The molecule has 0 N–H and O–H groups in total. The molecule has 0 spiro atoms. The van der Waals surface area contributed by atoms with E-state index >= 15 is 0 Å². The van der Waals surface area contributed by atoms with Crippen LogP contribution in [0.2, 0.25) is 0 Å². The Hall–Kier alpha value is -3.31. The van der Waals surface area contributed by atoms with E-state index in [0.29, 0.717) is 28.5 Å². The van der Waals surface area contributed by atoms with Crippen LogP contribution in [0.3, 0.4) is 0 Å². The van der Waals surface area contributed by atoms with Crippen molar-refractivity contribution in [2.45, 2.75) is 37.1 Å². The van der Waals surface area contributed by atoms with E-state index in [4.69, 9.17) is 4.42 Å². The van der Waals surface area contributed by atoms with Crippen molar-refractivity contribution in [3.8, 4) is 0 Å². The number of hydrogen-bond acceptors (Lipinski definition) is 4. The molecule has 2 heterocycles. The summed E-state index contributed by atoms with van der Waals surface area (Å²) in [5.41, 5.74) is 2.97. The van der Waals surface area contributed by atoms with Gasteiger partial charge in [0, 0.05) is 24.7 Å². The first kappa shape index (κ1) is 21.5. The van der Waals surface area contributed by atoms with Gasteiger partial charge in [0.25, 0.3) is 0 Å². The molecule has 33 heavy (non-hydrogen) atoms. The summed E-state index contributed by atoms with van der Waals surface area (Å²) < 4.78 is 34.0. The quantitative estimate of drug-likeness (QED) is 0.346. The molecule has 168 valence electrons. The molecule has 1 aliphatic rings. The van der Waals surface area contributed by atoms with Crippen LogP contribution in [0.5, 0.6) is 0 Å². The molecule has 5 rings (SSSR count). The van der Waals surface area contributed by atoms with Gasteiger partial charge in [0.05, 0.1) is 15.7 Å². The van der Waals surface area contributed by atoms with Crippen molar-refractivity contribution < 1.29 is 12.8 Å². The lowest BCUT2D eigenvalue weighted by Crippen LogP contribution is -2.19. The van der Waals surface area contributed by atoms with Crippen molar-refractivity contribution in [3.63, 3.8) is 0 Å². The molecular weight excluding hydrogens is 430 g/mol.